The van der Waals surface area contributed by atoms with Crippen LogP contribution in [-0.4, -0.2) is 24.1 Å². The molecule has 4 heteroatoms. The second-order valence-electron chi connectivity index (χ2n) is 4.24. The van der Waals surface area contributed by atoms with Crippen molar-refractivity contribution in [2.75, 3.05) is 18.0 Å². The van der Waals surface area contributed by atoms with Crippen LogP contribution in [0, 0.1) is 6.92 Å². The molecular weight excluding hydrogens is 278 g/mol. The molecule has 0 spiro atoms. The molecule has 0 aromatic carbocycles. The van der Waals surface area contributed by atoms with Gasteiger partial charge >= 0.3 is 0 Å². The summed E-state index contributed by atoms with van der Waals surface area (Å²) < 4.78 is 1.05. The van der Waals surface area contributed by atoms with Gasteiger partial charge in [0.25, 0.3) is 0 Å². The Kier molecular flexibility index (Phi) is 5.92. The molecule has 0 aliphatic heterocycles. The molecule has 1 rings (SSSR count). The largest absolute Gasteiger partial charge is 0.352 e. The van der Waals surface area contributed by atoms with Gasteiger partial charge in [0.15, 0.2) is 0 Å². The molecule has 0 unspecified atom stereocenters. The molecule has 1 heterocycles. The zero-order valence-electron chi connectivity index (χ0n) is 10.9. The van der Waals surface area contributed by atoms with Crippen LogP contribution in [0.3, 0.4) is 0 Å². The van der Waals surface area contributed by atoms with Crippen LogP contribution in [0.5, 0.6) is 0 Å². The van der Waals surface area contributed by atoms with E-state index >= 15 is 0 Å². The van der Waals surface area contributed by atoms with Gasteiger partial charge in [-0.2, -0.15) is 0 Å². The number of nitrogens with zero attached hydrogens (tertiary/aromatic N) is 2. The SMILES string of the molecule is CCC(CC)N(CCN)c1cc(C)c(Br)cn1. The first-order chi connectivity index (χ1) is 8.13. The lowest BCUT2D eigenvalue weighted by Gasteiger charge is -2.31. The van der Waals surface area contributed by atoms with Gasteiger partial charge in [-0.1, -0.05) is 13.8 Å². The molecule has 3 nitrogen and oxygen atoms in total. The number of nitrogens with two attached hydrogens (primary N) is 1. The van der Waals surface area contributed by atoms with E-state index in [1.54, 1.807) is 0 Å². The van der Waals surface area contributed by atoms with Gasteiger partial charge in [-0.05, 0) is 47.3 Å². The van der Waals surface area contributed by atoms with E-state index in [9.17, 15) is 0 Å². The monoisotopic (exact) mass is 299 g/mol. The standard InChI is InChI=1S/C13H22BrN3/c1-4-11(5-2)17(7-6-15)13-8-10(3)12(14)9-16-13/h8-9,11H,4-7,15H2,1-3H3. The van der Waals surface area contributed by atoms with E-state index in [0.29, 0.717) is 12.6 Å². The minimum atomic E-state index is 0.520. The second kappa shape index (κ2) is 6.97. The number of rotatable bonds is 6. The highest BCUT2D eigenvalue weighted by molar-refractivity contribution is 9.10. The van der Waals surface area contributed by atoms with E-state index in [1.165, 1.54) is 5.56 Å². The van der Waals surface area contributed by atoms with Gasteiger partial charge in [-0.3, -0.25) is 0 Å². The smallest absolute Gasteiger partial charge is 0.129 e. The fourth-order valence-electron chi connectivity index (χ4n) is 2.03. The lowest BCUT2D eigenvalue weighted by atomic mass is 10.1. The van der Waals surface area contributed by atoms with Crippen molar-refractivity contribution in [3.63, 3.8) is 0 Å². The van der Waals surface area contributed by atoms with Gasteiger partial charge < -0.3 is 10.6 Å². The summed E-state index contributed by atoms with van der Waals surface area (Å²) in [7, 11) is 0. The Morgan fingerprint density at radius 3 is 2.53 bits per heavy atom. The molecule has 0 amide bonds. The molecule has 0 bridgehead atoms. The van der Waals surface area contributed by atoms with Crippen LogP contribution in [0.4, 0.5) is 5.82 Å². The molecule has 0 radical (unpaired) electrons. The van der Waals surface area contributed by atoms with E-state index in [4.69, 9.17) is 5.73 Å². The maximum atomic E-state index is 5.70. The predicted octanol–water partition coefficient (Wildman–Crippen LogP) is 3.11. The fraction of sp³-hybridized carbons (Fsp3) is 0.615. The Morgan fingerprint density at radius 1 is 1.41 bits per heavy atom. The third-order valence-electron chi connectivity index (χ3n) is 3.08. The molecule has 0 saturated carbocycles. The van der Waals surface area contributed by atoms with Crippen LogP contribution in [0.25, 0.3) is 0 Å². The number of hydrogen-bond acceptors (Lipinski definition) is 3. The molecule has 0 aliphatic rings. The van der Waals surface area contributed by atoms with E-state index in [2.05, 4.69) is 52.7 Å². The first-order valence-corrected chi connectivity index (χ1v) is 7.02. The Morgan fingerprint density at radius 2 is 2.06 bits per heavy atom. The zero-order valence-corrected chi connectivity index (χ0v) is 12.5. The minimum absolute atomic E-state index is 0.520. The van der Waals surface area contributed by atoms with Crippen molar-refractivity contribution in [1.82, 2.24) is 4.98 Å². The van der Waals surface area contributed by atoms with Crippen LogP contribution in [0.1, 0.15) is 32.3 Å². The van der Waals surface area contributed by atoms with Crippen molar-refractivity contribution in [2.45, 2.75) is 39.7 Å². The molecule has 0 atom stereocenters. The summed E-state index contributed by atoms with van der Waals surface area (Å²) in [5, 5.41) is 0. The summed E-state index contributed by atoms with van der Waals surface area (Å²) in [6.45, 7) is 8.03. The number of hydrogen-bond donors (Lipinski definition) is 1. The Labute approximate surface area is 113 Å². The van der Waals surface area contributed by atoms with Crippen LogP contribution >= 0.6 is 15.9 Å². The molecule has 1 aromatic heterocycles. The van der Waals surface area contributed by atoms with Crippen LogP contribution in [-0.2, 0) is 0 Å². The van der Waals surface area contributed by atoms with Crippen LogP contribution in [0.15, 0.2) is 16.7 Å². The van der Waals surface area contributed by atoms with Crippen molar-refractivity contribution < 1.29 is 0 Å². The molecule has 1 aromatic rings. The van der Waals surface area contributed by atoms with Gasteiger partial charge in [-0.15, -0.1) is 0 Å². The maximum absolute atomic E-state index is 5.70. The summed E-state index contributed by atoms with van der Waals surface area (Å²) in [4.78, 5) is 6.82. The number of anilines is 1. The summed E-state index contributed by atoms with van der Waals surface area (Å²) in [5.41, 5.74) is 6.91. The number of aryl methyl sites for hydroxylation is 1. The van der Waals surface area contributed by atoms with Crippen molar-refractivity contribution >= 4 is 21.7 Å². The summed E-state index contributed by atoms with van der Waals surface area (Å²) in [6, 6.07) is 2.64. The van der Waals surface area contributed by atoms with Crippen LogP contribution < -0.4 is 10.6 Å². The predicted molar refractivity (Wildman–Crippen MR) is 77.4 cm³/mol. The lowest BCUT2D eigenvalue weighted by Crippen LogP contribution is -2.38. The van der Waals surface area contributed by atoms with E-state index in [1.807, 2.05) is 6.20 Å². The first-order valence-electron chi connectivity index (χ1n) is 6.22. The molecule has 0 aliphatic carbocycles. The Bertz CT molecular complexity index is 351. The summed E-state index contributed by atoms with van der Waals surface area (Å²) in [6.07, 6.45) is 4.11. The first kappa shape index (κ1) is 14.5. The third kappa shape index (κ3) is 3.68. The van der Waals surface area contributed by atoms with E-state index < -0.39 is 0 Å². The highest BCUT2D eigenvalue weighted by Gasteiger charge is 2.16. The molecule has 0 saturated heterocycles. The Hall–Kier alpha value is -0.610. The molecular formula is C13H22BrN3. The van der Waals surface area contributed by atoms with E-state index in [0.717, 1.165) is 29.7 Å². The Balaban J connectivity index is 2.99. The summed E-state index contributed by atoms with van der Waals surface area (Å²) in [5.74, 6) is 1.03. The second-order valence-corrected chi connectivity index (χ2v) is 5.10. The van der Waals surface area contributed by atoms with E-state index in [-0.39, 0.29) is 0 Å². The summed E-state index contributed by atoms with van der Waals surface area (Å²) >= 11 is 3.48. The van der Waals surface area contributed by atoms with Crippen molar-refractivity contribution in [3.05, 3.63) is 22.3 Å². The number of pyridine rings is 1. The average molecular weight is 300 g/mol. The molecule has 96 valence electrons. The quantitative estimate of drug-likeness (QED) is 0.877. The highest BCUT2D eigenvalue weighted by atomic mass is 79.9. The van der Waals surface area contributed by atoms with Crippen molar-refractivity contribution in [3.8, 4) is 0 Å². The number of aromatic nitrogens is 1. The van der Waals surface area contributed by atoms with Gasteiger partial charge in [0, 0.05) is 29.8 Å². The zero-order chi connectivity index (χ0) is 12.8. The van der Waals surface area contributed by atoms with Crippen molar-refractivity contribution in [2.24, 2.45) is 5.73 Å². The molecule has 0 fully saturated rings. The minimum Gasteiger partial charge on any atom is -0.352 e. The van der Waals surface area contributed by atoms with Crippen LogP contribution in [0.2, 0.25) is 0 Å². The normalized spacial score (nSPS) is 10.9. The van der Waals surface area contributed by atoms with Gasteiger partial charge in [-0.25, -0.2) is 4.98 Å². The molecule has 17 heavy (non-hydrogen) atoms. The maximum Gasteiger partial charge on any atom is 0.129 e. The lowest BCUT2D eigenvalue weighted by molar-refractivity contribution is 0.554. The average Bonchev–Trinajstić information content (AvgIpc) is 2.33. The van der Waals surface area contributed by atoms with Gasteiger partial charge in [0.2, 0.25) is 0 Å². The van der Waals surface area contributed by atoms with Crippen molar-refractivity contribution in [1.29, 1.82) is 0 Å². The number of halogens is 1. The topological polar surface area (TPSA) is 42.1 Å². The van der Waals surface area contributed by atoms with Gasteiger partial charge in [0.05, 0.1) is 0 Å². The molecule has 2 N–H and O–H groups in total. The fourth-order valence-corrected chi connectivity index (χ4v) is 2.25. The third-order valence-corrected chi connectivity index (χ3v) is 3.91. The van der Waals surface area contributed by atoms with Gasteiger partial charge in [0.1, 0.15) is 5.82 Å². The highest BCUT2D eigenvalue weighted by Crippen LogP contribution is 2.23.